The second-order valence-corrected chi connectivity index (χ2v) is 4.06. The lowest BCUT2D eigenvalue weighted by Crippen LogP contribution is -2.37. The van der Waals surface area contributed by atoms with E-state index in [2.05, 4.69) is 12.2 Å². The third-order valence-electron chi connectivity index (χ3n) is 2.49. The zero-order valence-corrected chi connectivity index (χ0v) is 11.2. The van der Waals surface area contributed by atoms with Gasteiger partial charge in [-0.25, -0.2) is 0 Å². The normalized spacial score (nSPS) is 11.5. The van der Waals surface area contributed by atoms with Gasteiger partial charge in [0.15, 0.2) is 0 Å². The molecule has 0 aromatic heterocycles. The molecule has 0 bridgehead atoms. The minimum absolute atomic E-state index is 0. The molecule has 0 aliphatic carbocycles. The number of carbonyl (C=O) groups excluding carboxylic acids is 1. The summed E-state index contributed by atoms with van der Waals surface area (Å²) >= 11 is 0. The summed E-state index contributed by atoms with van der Waals surface area (Å²) in [5.74, 6) is -0.0546. The van der Waals surface area contributed by atoms with Gasteiger partial charge in [0, 0.05) is 18.2 Å². The van der Waals surface area contributed by atoms with Gasteiger partial charge in [-0.1, -0.05) is 25.5 Å². The van der Waals surface area contributed by atoms with Crippen molar-refractivity contribution in [3.8, 4) is 0 Å². The van der Waals surface area contributed by atoms with Crippen LogP contribution in [0.3, 0.4) is 0 Å². The molecule has 4 heteroatoms. The van der Waals surface area contributed by atoms with Crippen molar-refractivity contribution in [3.63, 3.8) is 0 Å². The monoisotopic (exact) mass is 256 g/mol. The maximum absolute atomic E-state index is 11.7. The van der Waals surface area contributed by atoms with Crippen LogP contribution in [-0.4, -0.2) is 18.5 Å². The first kappa shape index (κ1) is 15.9. The molecule has 1 aromatic rings. The van der Waals surface area contributed by atoms with E-state index < -0.39 is 0 Å². The number of nitrogens with two attached hydrogens (primary N) is 1. The smallest absolute Gasteiger partial charge is 0.251 e. The van der Waals surface area contributed by atoms with Crippen LogP contribution in [0.1, 0.15) is 36.2 Å². The highest BCUT2D eigenvalue weighted by Gasteiger charge is 2.07. The van der Waals surface area contributed by atoms with Crippen LogP contribution in [0.25, 0.3) is 0 Å². The van der Waals surface area contributed by atoms with Crippen LogP contribution in [0.5, 0.6) is 0 Å². The molecule has 0 unspecified atom stereocenters. The number of nitrogens with one attached hydrogen (secondary N) is 1. The Labute approximate surface area is 109 Å². The summed E-state index contributed by atoms with van der Waals surface area (Å²) in [6.07, 6.45) is 2.18. The van der Waals surface area contributed by atoms with Crippen molar-refractivity contribution < 1.29 is 4.79 Å². The van der Waals surface area contributed by atoms with Crippen molar-refractivity contribution in [2.75, 3.05) is 6.54 Å². The summed E-state index contributed by atoms with van der Waals surface area (Å²) < 4.78 is 0. The largest absolute Gasteiger partial charge is 0.348 e. The van der Waals surface area contributed by atoms with E-state index in [1.54, 1.807) is 0 Å². The molecule has 17 heavy (non-hydrogen) atoms. The lowest BCUT2D eigenvalue weighted by molar-refractivity contribution is 0.0941. The van der Waals surface area contributed by atoms with Crippen LogP contribution in [0.4, 0.5) is 0 Å². The maximum atomic E-state index is 11.7. The van der Waals surface area contributed by atoms with E-state index in [4.69, 9.17) is 5.73 Å². The highest BCUT2D eigenvalue weighted by atomic mass is 35.5. The third kappa shape index (κ3) is 5.20. The minimum Gasteiger partial charge on any atom is -0.348 e. The highest BCUT2D eigenvalue weighted by Crippen LogP contribution is 2.06. The molecule has 1 aromatic carbocycles. The number of amides is 1. The average molecular weight is 257 g/mol. The van der Waals surface area contributed by atoms with Gasteiger partial charge >= 0.3 is 0 Å². The second-order valence-electron chi connectivity index (χ2n) is 4.06. The van der Waals surface area contributed by atoms with E-state index in [0.717, 1.165) is 12.8 Å². The van der Waals surface area contributed by atoms with Gasteiger partial charge in [-0.05, 0) is 31.0 Å². The fourth-order valence-electron chi connectivity index (χ4n) is 1.48. The van der Waals surface area contributed by atoms with Crippen LogP contribution in [0.2, 0.25) is 0 Å². The first-order chi connectivity index (χ1) is 7.67. The molecular weight excluding hydrogens is 236 g/mol. The zero-order valence-electron chi connectivity index (χ0n) is 10.4. The predicted octanol–water partition coefficient (Wildman–Crippen LogP) is 2.14. The standard InChI is InChI=1S/C13H20N2O.ClH/c1-3-4-11-5-7-12(8-6-11)13(16)15-10(2)9-14;/h5-8,10H,3-4,9,14H2,1-2H3,(H,15,16);1H/t10-;/m0./s1. The lowest BCUT2D eigenvalue weighted by Gasteiger charge is -2.11. The molecule has 3 N–H and O–H groups in total. The van der Waals surface area contributed by atoms with Gasteiger partial charge in [0.05, 0.1) is 0 Å². The number of hydrogen-bond donors (Lipinski definition) is 2. The van der Waals surface area contributed by atoms with Crippen molar-refractivity contribution in [1.29, 1.82) is 0 Å². The van der Waals surface area contributed by atoms with Gasteiger partial charge in [-0.2, -0.15) is 0 Å². The van der Waals surface area contributed by atoms with Crippen molar-refractivity contribution in [3.05, 3.63) is 35.4 Å². The van der Waals surface area contributed by atoms with Gasteiger partial charge in [-0.15, -0.1) is 12.4 Å². The Bertz CT molecular complexity index is 338. The van der Waals surface area contributed by atoms with E-state index in [9.17, 15) is 4.79 Å². The topological polar surface area (TPSA) is 55.1 Å². The molecule has 3 nitrogen and oxygen atoms in total. The lowest BCUT2D eigenvalue weighted by atomic mass is 10.1. The molecule has 96 valence electrons. The van der Waals surface area contributed by atoms with Crippen molar-refractivity contribution in [2.24, 2.45) is 5.73 Å². The second kappa shape index (κ2) is 8.09. The Kier molecular flexibility index (Phi) is 7.59. The molecule has 1 rings (SSSR count). The van der Waals surface area contributed by atoms with Gasteiger partial charge in [0.2, 0.25) is 0 Å². The molecule has 0 aliphatic rings. The molecule has 0 spiro atoms. The maximum Gasteiger partial charge on any atom is 0.251 e. The number of benzene rings is 1. The summed E-state index contributed by atoms with van der Waals surface area (Å²) in [4.78, 5) is 11.7. The Morgan fingerprint density at radius 3 is 2.41 bits per heavy atom. The Morgan fingerprint density at radius 1 is 1.35 bits per heavy atom. The fourth-order valence-corrected chi connectivity index (χ4v) is 1.48. The summed E-state index contributed by atoms with van der Waals surface area (Å²) in [7, 11) is 0. The van der Waals surface area contributed by atoms with Crippen LogP contribution in [0, 0.1) is 0 Å². The number of hydrogen-bond acceptors (Lipinski definition) is 2. The van der Waals surface area contributed by atoms with Crippen LogP contribution in [0.15, 0.2) is 24.3 Å². The van der Waals surface area contributed by atoms with Gasteiger partial charge in [0.25, 0.3) is 5.91 Å². The molecule has 0 aliphatic heterocycles. The molecule has 0 heterocycles. The predicted molar refractivity (Wildman–Crippen MR) is 73.7 cm³/mol. The van der Waals surface area contributed by atoms with E-state index >= 15 is 0 Å². The summed E-state index contributed by atoms with van der Waals surface area (Å²) in [6, 6.07) is 7.76. The molecule has 0 saturated heterocycles. The van der Waals surface area contributed by atoms with Crippen LogP contribution < -0.4 is 11.1 Å². The third-order valence-corrected chi connectivity index (χ3v) is 2.49. The van der Waals surface area contributed by atoms with E-state index in [0.29, 0.717) is 12.1 Å². The molecule has 0 fully saturated rings. The summed E-state index contributed by atoms with van der Waals surface area (Å²) in [6.45, 7) is 4.49. The SMILES string of the molecule is CCCc1ccc(C(=O)N[C@@H](C)CN)cc1.Cl. The molecule has 0 saturated carbocycles. The minimum atomic E-state index is -0.0546. The summed E-state index contributed by atoms with van der Waals surface area (Å²) in [5, 5.41) is 2.83. The van der Waals surface area contributed by atoms with Gasteiger partial charge in [0.1, 0.15) is 0 Å². The van der Waals surface area contributed by atoms with Crippen molar-refractivity contribution in [2.45, 2.75) is 32.7 Å². The Hall–Kier alpha value is -1.06. The Balaban J connectivity index is 0.00000256. The van der Waals surface area contributed by atoms with Gasteiger partial charge < -0.3 is 11.1 Å². The van der Waals surface area contributed by atoms with Crippen LogP contribution in [-0.2, 0) is 6.42 Å². The van der Waals surface area contributed by atoms with Crippen LogP contribution >= 0.6 is 12.4 Å². The van der Waals surface area contributed by atoms with E-state index in [1.165, 1.54) is 5.56 Å². The molecular formula is C13H21ClN2O. The van der Waals surface area contributed by atoms with Crippen molar-refractivity contribution in [1.82, 2.24) is 5.32 Å². The average Bonchev–Trinajstić information content (AvgIpc) is 2.30. The van der Waals surface area contributed by atoms with E-state index in [1.807, 2.05) is 31.2 Å². The van der Waals surface area contributed by atoms with Crippen molar-refractivity contribution >= 4 is 18.3 Å². The first-order valence-electron chi connectivity index (χ1n) is 5.77. The highest BCUT2D eigenvalue weighted by molar-refractivity contribution is 5.94. The molecule has 1 atom stereocenters. The zero-order chi connectivity index (χ0) is 12.0. The Morgan fingerprint density at radius 2 is 1.94 bits per heavy atom. The number of halogens is 1. The molecule has 1 amide bonds. The quantitative estimate of drug-likeness (QED) is 0.848. The number of carbonyl (C=O) groups is 1. The first-order valence-corrected chi connectivity index (χ1v) is 5.77. The van der Waals surface area contributed by atoms with E-state index in [-0.39, 0.29) is 24.4 Å². The molecule has 0 radical (unpaired) electrons. The number of rotatable bonds is 5. The van der Waals surface area contributed by atoms with Gasteiger partial charge in [-0.3, -0.25) is 4.79 Å². The fraction of sp³-hybridized carbons (Fsp3) is 0.462. The number of aryl methyl sites for hydroxylation is 1. The summed E-state index contributed by atoms with van der Waals surface area (Å²) in [5.41, 5.74) is 7.41.